The molecule has 1 aliphatic rings. The van der Waals surface area contributed by atoms with Crippen LogP contribution in [0.25, 0.3) is 11.0 Å². The maximum Gasteiger partial charge on any atom is 0.227 e. The maximum absolute atomic E-state index is 12.9. The quantitative estimate of drug-likeness (QED) is 0.636. The molecule has 0 bridgehead atoms. The number of carbonyl (C=O) groups excluding carboxylic acids is 1. The fourth-order valence-electron chi connectivity index (χ4n) is 4.31. The zero-order chi connectivity index (χ0) is 20.5. The van der Waals surface area contributed by atoms with Gasteiger partial charge in [0.15, 0.2) is 0 Å². The molecule has 1 saturated heterocycles. The summed E-state index contributed by atoms with van der Waals surface area (Å²) in [5.74, 6) is 1.36. The third kappa shape index (κ3) is 3.92. The van der Waals surface area contributed by atoms with Crippen LogP contribution in [0.1, 0.15) is 35.7 Å². The minimum atomic E-state index is 0.120. The highest BCUT2D eigenvalue weighted by Gasteiger charge is 2.35. The molecule has 1 atom stereocenters. The van der Waals surface area contributed by atoms with E-state index in [4.69, 9.17) is 4.98 Å². The van der Waals surface area contributed by atoms with Crippen LogP contribution >= 0.6 is 0 Å². The van der Waals surface area contributed by atoms with E-state index < -0.39 is 0 Å². The van der Waals surface area contributed by atoms with Crippen molar-refractivity contribution >= 4 is 22.6 Å². The number of para-hydroxylation sites is 2. The van der Waals surface area contributed by atoms with Gasteiger partial charge in [-0.3, -0.25) is 4.79 Å². The number of fused-ring (bicyclic) bond motifs is 1. The van der Waals surface area contributed by atoms with Crippen LogP contribution in [0, 0.1) is 13.8 Å². The first-order valence-electron chi connectivity index (χ1n) is 10.4. The van der Waals surface area contributed by atoms with Crippen molar-refractivity contribution < 1.29 is 4.79 Å². The Hall–Kier alpha value is -2.66. The first-order chi connectivity index (χ1) is 13.9. The van der Waals surface area contributed by atoms with Crippen molar-refractivity contribution in [2.45, 2.75) is 39.2 Å². The summed E-state index contributed by atoms with van der Waals surface area (Å²) in [6.45, 7) is 6.80. The molecular weight excluding hydrogens is 360 g/mol. The number of hydrogen-bond acceptors (Lipinski definition) is 3. The van der Waals surface area contributed by atoms with Crippen LogP contribution in [0.3, 0.4) is 0 Å². The van der Waals surface area contributed by atoms with Gasteiger partial charge >= 0.3 is 0 Å². The van der Waals surface area contributed by atoms with Crippen LogP contribution < -0.4 is 4.90 Å². The molecule has 0 unspecified atom stereocenters. The Balaban J connectivity index is 1.66. The molecule has 152 valence electrons. The third-order valence-corrected chi connectivity index (χ3v) is 5.82. The number of amides is 1. The molecule has 4 rings (SSSR count). The van der Waals surface area contributed by atoms with E-state index in [2.05, 4.69) is 73.8 Å². The second-order valence-electron chi connectivity index (χ2n) is 8.46. The van der Waals surface area contributed by atoms with E-state index in [1.165, 1.54) is 11.1 Å². The molecule has 1 aromatic heterocycles. The minimum Gasteiger partial charge on any atom is -0.328 e. The molecule has 0 saturated carbocycles. The highest BCUT2D eigenvalue weighted by atomic mass is 16.2. The minimum absolute atomic E-state index is 0.120. The number of rotatable bonds is 6. The van der Waals surface area contributed by atoms with Gasteiger partial charge in [-0.05, 0) is 70.2 Å². The molecule has 0 radical (unpaired) electrons. The van der Waals surface area contributed by atoms with Gasteiger partial charge in [-0.15, -0.1) is 0 Å². The lowest BCUT2D eigenvalue weighted by atomic mass is 10.1. The molecule has 2 heterocycles. The number of carbonyl (C=O) groups is 1. The molecule has 3 aromatic rings. The van der Waals surface area contributed by atoms with E-state index in [1.807, 2.05) is 11.0 Å². The second-order valence-corrected chi connectivity index (χ2v) is 8.46. The topological polar surface area (TPSA) is 41.4 Å². The number of aromatic nitrogens is 2. The van der Waals surface area contributed by atoms with Crippen molar-refractivity contribution in [3.63, 3.8) is 0 Å². The van der Waals surface area contributed by atoms with Gasteiger partial charge in [0.05, 0.1) is 11.0 Å². The van der Waals surface area contributed by atoms with E-state index in [0.717, 1.165) is 42.1 Å². The third-order valence-electron chi connectivity index (χ3n) is 5.82. The normalized spacial score (nSPS) is 17.1. The number of hydrogen-bond donors (Lipinski definition) is 0. The summed E-state index contributed by atoms with van der Waals surface area (Å²) in [5, 5.41) is 0. The number of aryl methyl sites for hydroxylation is 3. The van der Waals surface area contributed by atoms with E-state index in [0.29, 0.717) is 13.0 Å². The molecule has 1 aliphatic heterocycles. The molecule has 1 amide bonds. The van der Waals surface area contributed by atoms with Gasteiger partial charge in [0.1, 0.15) is 5.82 Å². The molecule has 1 fully saturated rings. The first-order valence-corrected chi connectivity index (χ1v) is 10.4. The van der Waals surface area contributed by atoms with Crippen LogP contribution in [-0.2, 0) is 11.3 Å². The van der Waals surface area contributed by atoms with Gasteiger partial charge < -0.3 is 14.4 Å². The van der Waals surface area contributed by atoms with E-state index >= 15 is 0 Å². The molecule has 5 nitrogen and oxygen atoms in total. The van der Waals surface area contributed by atoms with Gasteiger partial charge in [0.25, 0.3) is 0 Å². The number of imidazole rings is 1. The molecule has 0 aliphatic carbocycles. The summed E-state index contributed by atoms with van der Waals surface area (Å²) in [6, 6.07) is 14.6. The largest absolute Gasteiger partial charge is 0.328 e. The molecule has 5 heteroatoms. The van der Waals surface area contributed by atoms with Crippen LogP contribution in [0.2, 0.25) is 0 Å². The molecular formula is C24H30N4O. The van der Waals surface area contributed by atoms with Gasteiger partial charge in [0.2, 0.25) is 5.91 Å². The lowest BCUT2D eigenvalue weighted by Gasteiger charge is -2.20. The Morgan fingerprint density at radius 3 is 2.72 bits per heavy atom. The summed E-state index contributed by atoms with van der Waals surface area (Å²) < 4.78 is 2.34. The molecule has 0 N–H and O–H groups in total. The SMILES string of the molecule is Cc1ccc(C)c(N2C[C@H](c3nc4ccccc4n3CCCN(C)C)CC2=O)c1. The number of benzene rings is 2. The van der Waals surface area contributed by atoms with Gasteiger partial charge in [0, 0.05) is 31.1 Å². The van der Waals surface area contributed by atoms with Crippen molar-refractivity contribution in [1.82, 2.24) is 14.5 Å². The lowest BCUT2D eigenvalue weighted by Crippen LogP contribution is -2.25. The van der Waals surface area contributed by atoms with Crippen molar-refractivity contribution in [2.24, 2.45) is 0 Å². The zero-order valence-electron chi connectivity index (χ0n) is 17.9. The van der Waals surface area contributed by atoms with Crippen LogP contribution in [0.5, 0.6) is 0 Å². The lowest BCUT2D eigenvalue weighted by molar-refractivity contribution is -0.117. The Morgan fingerprint density at radius 1 is 1.14 bits per heavy atom. The van der Waals surface area contributed by atoms with Gasteiger partial charge in [-0.2, -0.15) is 0 Å². The summed E-state index contributed by atoms with van der Waals surface area (Å²) in [4.78, 5) is 22.1. The second kappa shape index (κ2) is 7.99. The Morgan fingerprint density at radius 2 is 1.93 bits per heavy atom. The predicted molar refractivity (Wildman–Crippen MR) is 119 cm³/mol. The highest BCUT2D eigenvalue weighted by molar-refractivity contribution is 5.97. The summed E-state index contributed by atoms with van der Waals surface area (Å²) in [7, 11) is 4.20. The Kier molecular flexibility index (Phi) is 5.41. The summed E-state index contributed by atoms with van der Waals surface area (Å²) in [6.07, 6.45) is 1.58. The van der Waals surface area contributed by atoms with Gasteiger partial charge in [-0.25, -0.2) is 4.98 Å². The maximum atomic E-state index is 12.9. The standard InChI is InChI=1S/C24H30N4O/c1-17-10-11-18(2)22(14-17)28-16-19(15-23(28)29)24-25-20-8-5-6-9-21(20)27(24)13-7-12-26(3)4/h5-6,8-11,14,19H,7,12-13,15-16H2,1-4H3/t19-/m1/s1. The average molecular weight is 391 g/mol. The molecule has 0 spiro atoms. The Labute approximate surface area is 172 Å². The van der Waals surface area contributed by atoms with E-state index in [1.54, 1.807) is 0 Å². The fraction of sp³-hybridized carbons (Fsp3) is 0.417. The first kappa shape index (κ1) is 19.6. The van der Waals surface area contributed by atoms with Crippen LogP contribution in [-0.4, -0.2) is 47.5 Å². The smallest absolute Gasteiger partial charge is 0.227 e. The predicted octanol–water partition coefficient (Wildman–Crippen LogP) is 4.13. The zero-order valence-corrected chi connectivity index (χ0v) is 17.9. The van der Waals surface area contributed by atoms with Crippen LogP contribution in [0.4, 0.5) is 5.69 Å². The summed E-state index contributed by atoms with van der Waals surface area (Å²) in [5.41, 5.74) is 5.54. The number of anilines is 1. The van der Waals surface area contributed by atoms with Crippen molar-refractivity contribution in [1.29, 1.82) is 0 Å². The molecule has 29 heavy (non-hydrogen) atoms. The highest BCUT2D eigenvalue weighted by Crippen LogP contribution is 2.35. The number of nitrogens with zero attached hydrogens (tertiary/aromatic N) is 4. The monoisotopic (exact) mass is 390 g/mol. The average Bonchev–Trinajstić information content (AvgIpc) is 3.24. The van der Waals surface area contributed by atoms with Crippen molar-refractivity contribution in [3.8, 4) is 0 Å². The van der Waals surface area contributed by atoms with Gasteiger partial charge in [-0.1, -0.05) is 24.3 Å². The van der Waals surface area contributed by atoms with E-state index in [9.17, 15) is 4.79 Å². The summed E-state index contributed by atoms with van der Waals surface area (Å²) >= 11 is 0. The van der Waals surface area contributed by atoms with Crippen LogP contribution in [0.15, 0.2) is 42.5 Å². The van der Waals surface area contributed by atoms with Crippen molar-refractivity contribution in [2.75, 3.05) is 32.1 Å². The molecule has 2 aromatic carbocycles. The van der Waals surface area contributed by atoms with E-state index in [-0.39, 0.29) is 11.8 Å². The van der Waals surface area contributed by atoms with Crippen molar-refractivity contribution in [3.05, 3.63) is 59.4 Å². The fourth-order valence-corrected chi connectivity index (χ4v) is 4.31. The Bertz CT molecular complexity index is 1040.